The minimum atomic E-state index is -3.64. The molecule has 0 spiro atoms. The largest absolute Gasteiger partial charge is 0.392 e. The Hall–Kier alpha value is -0.990. The first-order chi connectivity index (χ1) is 9.44. The van der Waals surface area contributed by atoms with Gasteiger partial charge in [0.15, 0.2) is 0 Å². The summed E-state index contributed by atoms with van der Waals surface area (Å²) in [6.07, 6.45) is 0. The lowest BCUT2D eigenvalue weighted by Gasteiger charge is -2.08. The first-order valence-electron chi connectivity index (χ1n) is 5.72. The van der Waals surface area contributed by atoms with Gasteiger partial charge in [0.25, 0.3) is 0 Å². The molecule has 1 aromatic heterocycles. The van der Waals surface area contributed by atoms with Gasteiger partial charge in [0, 0.05) is 16.4 Å². The van der Waals surface area contributed by atoms with Crippen LogP contribution in [-0.2, 0) is 23.2 Å². The van der Waals surface area contributed by atoms with E-state index in [1.165, 1.54) is 29.5 Å². The van der Waals surface area contributed by atoms with Gasteiger partial charge in [0.1, 0.15) is 0 Å². The van der Waals surface area contributed by atoms with E-state index in [1.54, 1.807) is 5.51 Å². The van der Waals surface area contributed by atoms with Crippen LogP contribution in [-0.4, -0.2) is 18.5 Å². The van der Waals surface area contributed by atoms with Gasteiger partial charge in [-0.05, 0) is 24.6 Å². The Morgan fingerprint density at radius 1 is 1.45 bits per heavy atom. The third-order valence-electron chi connectivity index (χ3n) is 2.77. The van der Waals surface area contributed by atoms with Gasteiger partial charge in [0.05, 0.1) is 22.7 Å². The summed E-state index contributed by atoms with van der Waals surface area (Å²) in [4.78, 5) is 5.00. The number of nitrogens with zero attached hydrogens (tertiary/aromatic N) is 1. The van der Waals surface area contributed by atoms with Gasteiger partial charge in [-0.2, -0.15) is 0 Å². The Kier molecular flexibility index (Phi) is 4.77. The average molecular weight is 333 g/mol. The van der Waals surface area contributed by atoms with Crippen molar-refractivity contribution in [2.75, 3.05) is 0 Å². The SMILES string of the molecule is Cc1ncsc1CNS(=O)(=O)c1ccc(CO)c(Cl)c1. The molecule has 0 unspecified atom stereocenters. The molecule has 2 aromatic rings. The smallest absolute Gasteiger partial charge is 0.240 e. The molecule has 0 bridgehead atoms. The molecule has 0 atom stereocenters. The van der Waals surface area contributed by atoms with Crippen molar-refractivity contribution in [2.45, 2.75) is 25.0 Å². The zero-order valence-electron chi connectivity index (χ0n) is 10.6. The van der Waals surface area contributed by atoms with Crippen LogP contribution in [0.25, 0.3) is 0 Å². The fourth-order valence-electron chi connectivity index (χ4n) is 1.56. The molecule has 0 aliphatic rings. The monoisotopic (exact) mass is 332 g/mol. The molecule has 2 N–H and O–H groups in total. The second kappa shape index (κ2) is 6.19. The maximum Gasteiger partial charge on any atom is 0.240 e. The van der Waals surface area contributed by atoms with Crippen molar-refractivity contribution < 1.29 is 13.5 Å². The lowest BCUT2D eigenvalue weighted by molar-refractivity contribution is 0.282. The zero-order chi connectivity index (χ0) is 14.8. The predicted octanol–water partition coefficient (Wildman–Crippen LogP) is 2.08. The molecule has 108 valence electrons. The molecule has 0 fully saturated rings. The van der Waals surface area contributed by atoms with Crippen LogP contribution in [0.4, 0.5) is 0 Å². The van der Waals surface area contributed by atoms with Crippen molar-refractivity contribution in [1.29, 1.82) is 0 Å². The first-order valence-corrected chi connectivity index (χ1v) is 8.46. The van der Waals surface area contributed by atoms with Crippen LogP contribution in [0.15, 0.2) is 28.6 Å². The highest BCUT2D eigenvalue weighted by atomic mass is 35.5. The third kappa shape index (κ3) is 3.36. The van der Waals surface area contributed by atoms with E-state index in [0.717, 1.165) is 10.6 Å². The topological polar surface area (TPSA) is 79.3 Å². The van der Waals surface area contributed by atoms with E-state index < -0.39 is 10.0 Å². The number of aryl methyl sites for hydroxylation is 1. The van der Waals surface area contributed by atoms with Crippen LogP contribution < -0.4 is 4.72 Å². The summed E-state index contributed by atoms with van der Waals surface area (Å²) in [5.41, 5.74) is 2.97. The van der Waals surface area contributed by atoms with Gasteiger partial charge in [-0.3, -0.25) is 0 Å². The maximum absolute atomic E-state index is 12.1. The molecule has 5 nitrogen and oxygen atoms in total. The summed E-state index contributed by atoms with van der Waals surface area (Å²) in [5, 5.41) is 9.24. The zero-order valence-corrected chi connectivity index (χ0v) is 13.0. The number of halogens is 1. The Morgan fingerprint density at radius 2 is 2.20 bits per heavy atom. The van der Waals surface area contributed by atoms with Crippen molar-refractivity contribution in [2.24, 2.45) is 0 Å². The summed E-state index contributed by atoms with van der Waals surface area (Å²) in [7, 11) is -3.64. The van der Waals surface area contributed by atoms with Crippen molar-refractivity contribution in [1.82, 2.24) is 9.71 Å². The number of thiazole rings is 1. The number of hydrogen-bond donors (Lipinski definition) is 2. The van der Waals surface area contributed by atoms with E-state index in [2.05, 4.69) is 9.71 Å². The number of rotatable bonds is 5. The fourth-order valence-corrected chi connectivity index (χ4v) is 3.70. The number of benzene rings is 1. The minimum Gasteiger partial charge on any atom is -0.392 e. The highest BCUT2D eigenvalue weighted by molar-refractivity contribution is 7.89. The number of aliphatic hydroxyl groups excluding tert-OH is 1. The molecule has 8 heteroatoms. The third-order valence-corrected chi connectivity index (χ3v) is 5.46. The Morgan fingerprint density at radius 3 is 2.75 bits per heavy atom. The van der Waals surface area contributed by atoms with Crippen LogP contribution in [0.5, 0.6) is 0 Å². The number of hydrogen-bond acceptors (Lipinski definition) is 5. The van der Waals surface area contributed by atoms with Crippen LogP contribution in [0, 0.1) is 6.92 Å². The molecule has 2 rings (SSSR count). The quantitative estimate of drug-likeness (QED) is 0.878. The highest BCUT2D eigenvalue weighted by Gasteiger charge is 2.16. The fraction of sp³-hybridized carbons (Fsp3) is 0.250. The van der Waals surface area contributed by atoms with Gasteiger partial charge in [-0.1, -0.05) is 17.7 Å². The number of nitrogens with one attached hydrogen (secondary N) is 1. The van der Waals surface area contributed by atoms with Crippen LogP contribution in [0.3, 0.4) is 0 Å². The average Bonchev–Trinajstić information content (AvgIpc) is 2.82. The summed E-state index contributed by atoms with van der Waals surface area (Å²) >= 11 is 7.30. The normalized spacial score (nSPS) is 11.8. The van der Waals surface area contributed by atoms with Gasteiger partial charge in [-0.15, -0.1) is 11.3 Å². The van der Waals surface area contributed by atoms with E-state index in [-0.39, 0.29) is 23.1 Å². The van der Waals surface area contributed by atoms with Crippen molar-refractivity contribution in [3.8, 4) is 0 Å². The maximum atomic E-state index is 12.1. The first kappa shape index (κ1) is 15.4. The van der Waals surface area contributed by atoms with Crippen molar-refractivity contribution in [3.63, 3.8) is 0 Å². The van der Waals surface area contributed by atoms with Crippen LogP contribution >= 0.6 is 22.9 Å². The molecule has 0 saturated carbocycles. The van der Waals surface area contributed by atoms with E-state index in [9.17, 15) is 8.42 Å². The van der Waals surface area contributed by atoms with E-state index in [0.29, 0.717) is 5.56 Å². The standard InChI is InChI=1S/C12H13ClN2O3S2/c1-8-12(19-7-14-8)5-15-20(17,18)10-3-2-9(6-16)11(13)4-10/h2-4,7,15-16H,5-6H2,1H3. The second-order valence-electron chi connectivity index (χ2n) is 4.10. The molecule has 0 aliphatic heterocycles. The molecule has 1 aromatic carbocycles. The lowest BCUT2D eigenvalue weighted by atomic mass is 10.2. The van der Waals surface area contributed by atoms with Crippen molar-refractivity contribution >= 4 is 33.0 Å². The molecule has 1 heterocycles. The summed E-state index contributed by atoms with van der Waals surface area (Å²) in [5.74, 6) is 0. The second-order valence-corrected chi connectivity index (χ2v) is 7.21. The molecule has 0 saturated heterocycles. The predicted molar refractivity (Wildman–Crippen MR) is 78.3 cm³/mol. The van der Waals surface area contributed by atoms with E-state index >= 15 is 0 Å². The Balaban J connectivity index is 2.18. The molecule has 0 aliphatic carbocycles. The molecule has 0 amide bonds. The lowest BCUT2D eigenvalue weighted by Crippen LogP contribution is -2.23. The van der Waals surface area contributed by atoms with Crippen LogP contribution in [0.2, 0.25) is 5.02 Å². The van der Waals surface area contributed by atoms with E-state index in [1.807, 2.05) is 6.92 Å². The van der Waals surface area contributed by atoms with Crippen LogP contribution in [0.1, 0.15) is 16.1 Å². The Bertz CT molecular complexity index is 713. The highest BCUT2D eigenvalue weighted by Crippen LogP contribution is 2.21. The Labute approximate surface area is 126 Å². The summed E-state index contributed by atoms with van der Waals surface area (Å²) in [6.45, 7) is 1.79. The van der Waals surface area contributed by atoms with Crippen molar-refractivity contribution in [3.05, 3.63) is 44.9 Å². The number of aromatic nitrogens is 1. The summed E-state index contributed by atoms with van der Waals surface area (Å²) in [6, 6.07) is 4.24. The minimum absolute atomic E-state index is 0.0712. The van der Waals surface area contributed by atoms with E-state index in [4.69, 9.17) is 16.7 Å². The molecular formula is C12H13ClN2O3S2. The molecular weight excluding hydrogens is 320 g/mol. The number of aliphatic hydroxyl groups is 1. The molecule has 0 radical (unpaired) electrons. The van der Waals surface area contributed by atoms with Gasteiger partial charge in [-0.25, -0.2) is 18.1 Å². The summed E-state index contributed by atoms with van der Waals surface area (Å²) < 4.78 is 26.8. The van der Waals surface area contributed by atoms with Gasteiger partial charge < -0.3 is 5.11 Å². The van der Waals surface area contributed by atoms with Gasteiger partial charge >= 0.3 is 0 Å². The number of sulfonamides is 1. The molecule has 20 heavy (non-hydrogen) atoms. The van der Waals surface area contributed by atoms with Gasteiger partial charge in [0.2, 0.25) is 10.0 Å².